The summed E-state index contributed by atoms with van der Waals surface area (Å²) in [6, 6.07) is 50.9. The molecule has 0 fully saturated rings. The molecule has 0 radical (unpaired) electrons. The van der Waals surface area contributed by atoms with Gasteiger partial charge in [0, 0.05) is 33.9 Å². The maximum absolute atomic E-state index is 5.09. The van der Waals surface area contributed by atoms with Crippen LogP contribution in [0.15, 0.2) is 176 Å². The Morgan fingerprint density at radius 3 is 1.57 bits per heavy atom. The first-order valence-electron chi connectivity index (χ1n) is 18.1. The molecular weight excluding hydrogens is 645 g/mol. The van der Waals surface area contributed by atoms with Gasteiger partial charge in [0.2, 0.25) is 0 Å². The summed E-state index contributed by atoms with van der Waals surface area (Å²) in [7, 11) is 0. The molecule has 258 valence electrons. The Kier molecular flexibility index (Phi) is 9.87. The quantitative estimate of drug-likeness (QED) is 0.150. The van der Waals surface area contributed by atoms with E-state index in [0.29, 0.717) is 17.5 Å². The molecule has 0 unspecified atom stereocenters. The first-order chi connectivity index (χ1) is 25.9. The van der Waals surface area contributed by atoms with Crippen LogP contribution in [0.25, 0.3) is 67.5 Å². The zero-order chi connectivity index (χ0) is 37.0. The molecule has 6 aromatic carbocycles. The SMILES string of the molecule is C=CN=C(C=C)c1ccc(-c2cc(-c3ccc4c(c3)C(C)(C)c3ccccc3-4)cc(-c3nc(-c4ccccc4)nc(-c4ccccc4)n3)c2)cc1.CC. The van der Waals surface area contributed by atoms with E-state index < -0.39 is 0 Å². The van der Waals surface area contributed by atoms with Crippen LogP contribution < -0.4 is 0 Å². The molecule has 0 amide bonds. The minimum atomic E-state index is -0.114. The molecule has 1 aliphatic rings. The van der Waals surface area contributed by atoms with Gasteiger partial charge in [-0.05, 0) is 74.8 Å². The van der Waals surface area contributed by atoms with E-state index in [-0.39, 0.29) is 5.41 Å². The van der Waals surface area contributed by atoms with Crippen molar-refractivity contribution in [2.75, 3.05) is 0 Å². The van der Waals surface area contributed by atoms with Gasteiger partial charge in [0.15, 0.2) is 17.5 Å². The fraction of sp³-hybridized carbons (Fsp3) is 0.102. The first-order valence-corrected chi connectivity index (χ1v) is 18.1. The fourth-order valence-corrected chi connectivity index (χ4v) is 7.09. The summed E-state index contributed by atoms with van der Waals surface area (Å²) in [6.45, 7) is 16.3. The third kappa shape index (κ3) is 6.80. The van der Waals surface area contributed by atoms with E-state index in [1.807, 2.05) is 74.5 Å². The summed E-state index contributed by atoms with van der Waals surface area (Å²) in [6.07, 6.45) is 3.29. The number of allylic oxidation sites excluding steroid dienone is 1. The minimum absolute atomic E-state index is 0.114. The van der Waals surface area contributed by atoms with Crippen molar-refractivity contribution in [1.82, 2.24) is 15.0 Å². The third-order valence-corrected chi connectivity index (χ3v) is 9.75. The van der Waals surface area contributed by atoms with Crippen molar-refractivity contribution >= 4 is 5.71 Å². The highest BCUT2D eigenvalue weighted by Gasteiger charge is 2.35. The lowest BCUT2D eigenvalue weighted by Crippen LogP contribution is -2.14. The van der Waals surface area contributed by atoms with Gasteiger partial charge in [-0.3, -0.25) is 4.99 Å². The first kappa shape index (κ1) is 34.9. The number of nitrogens with zero attached hydrogens (tertiary/aromatic N) is 4. The number of hydrogen-bond donors (Lipinski definition) is 0. The molecule has 0 atom stereocenters. The molecule has 53 heavy (non-hydrogen) atoms. The van der Waals surface area contributed by atoms with Crippen molar-refractivity contribution in [2.24, 2.45) is 4.99 Å². The van der Waals surface area contributed by atoms with Crippen LogP contribution in [0.4, 0.5) is 0 Å². The second kappa shape index (κ2) is 15.0. The Balaban J connectivity index is 0.00000214. The summed E-state index contributed by atoms with van der Waals surface area (Å²) >= 11 is 0. The predicted octanol–water partition coefficient (Wildman–Crippen LogP) is 12.7. The van der Waals surface area contributed by atoms with Crippen LogP contribution in [0.1, 0.15) is 44.4 Å². The molecule has 8 rings (SSSR count). The average Bonchev–Trinajstić information content (AvgIpc) is 3.46. The number of rotatable bonds is 8. The number of aromatic nitrogens is 3. The van der Waals surface area contributed by atoms with Crippen LogP contribution >= 0.6 is 0 Å². The number of aliphatic imine (C=N–C) groups is 1. The summed E-state index contributed by atoms with van der Waals surface area (Å²) < 4.78 is 0. The molecule has 4 nitrogen and oxygen atoms in total. The molecule has 0 aliphatic heterocycles. The molecule has 0 N–H and O–H groups in total. The maximum atomic E-state index is 5.09. The van der Waals surface area contributed by atoms with E-state index in [9.17, 15) is 0 Å². The van der Waals surface area contributed by atoms with Crippen LogP contribution in [-0.4, -0.2) is 20.7 Å². The van der Waals surface area contributed by atoms with Crippen molar-refractivity contribution in [3.8, 4) is 67.5 Å². The predicted molar refractivity (Wildman–Crippen MR) is 223 cm³/mol. The van der Waals surface area contributed by atoms with Gasteiger partial charge >= 0.3 is 0 Å². The van der Waals surface area contributed by atoms with E-state index >= 15 is 0 Å². The Labute approximate surface area is 313 Å². The van der Waals surface area contributed by atoms with Gasteiger partial charge < -0.3 is 0 Å². The van der Waals surface area contributed by atoms with Crippen molar-refractivity contribution in [3.63, 3.8) is 0 Å². The van der Waals surface area contributed by atoms with Crippen molar-refractivity contribution in [3.05, 3.63) is 188 Å². The lowest BCUT2D eigenvalue weighted by molar-refractivity contribution is 0.660. The lowest BCUT2D eigenvalue weighted by atomic mass is 9.81. The number of hydrogen-bond acceptors (Lipinski definition) is 4. The highest BCUT2D eigenvalue weighted by atomic mass is 15.0. The molecule has 1 aliphatic carbocycles. The van der Waals surface area contributed by atoms with Crippen LogP contribution in [0, 0.1) is 0 Å². The highest BCUT2D eigenvalue weighted by molar-refractivity contribution is 6.08. The van der Waals surface area contributed by atoms with Crippen LogP contribution in [0.2, 0.25) is 0 Å². The third-order valence-electron chi connectivity index (χ3n) is 9.75. The van der Waals surface area contributed by atoms with Crippen LogP contribution in [0.5, 0.6) is 0 Å². The molecule has 1 heterocycles. The van der Waals surface area contributed by atoms with Gasteiger partial charge in [-0.25, -0.2) is 15.0 Å². The van der Waals surface area contributed by atoms with Gasteiger partial charge in [-0.15, -0.1) is 0 Å². The second-order valence-corrected chi connectivity index (χ2v) is 13.2. The summed E-state index contributed by atoms with van der Waals surface area (Å²) in [5, 5.41) is 0. The zero-order valence-electron chi connectivity index (χ0n) is 30.7. The molecule has 0 saturated carbocycles. The van der Waals surface area contributed by atoms with Crippen LogP contribution in [0.3, 0.4) is 0 Å². The van der Waals surface area contributed by atoms with Crippen molar-refractivity contribution < 1.29 is 0 Å². The van der Waals surface area contributed by atoms with E-state index in [0.717, 1.165) is 50.2 Å². The summed E-state index contributed by atoms with van der Waals surface area (Å²) in [5.41, 5.74) is 14.1. The van der Waals surface area contributed by atoms with Crippen molar-refractivity contribution in [1.29, 1.82) is 0 Å². The van der Waals surface area contributed by atoms with Gasteiger partial charge in [-0.1, -0.05) is 162 Å². The Morgan fingerprint density at radius 2 is 0.981 bits per heavy atom. The Morgan fingerprint density at radius 1 is 0.491 bits per heavy atom. The standard InChI is InChI=1S/C47H36N4.C2H6/c1-5-43(48-6-2)32-23-21-31(22-24-32)36-27-37(35-25-26-40-39-19-13-14-20-41(39)47(3,4)42(40)30-35)29-38(28-36)46-50-44(33-15-9-7-10-16-33)49-45(51-46)34-17-11-8-12-18-34;1-2/h5-30H,1-2H2,3-4H3;1-2H3. The molecule has 4 heteroatoms. The topological polar surface area (TPSA) is 51.0 Å². The smallest absolute Gasteiger partial charge is 0.164 e. The van der Waals surface area contributed by atoms with E-state index in [4.69, 9.17) is 15.0 Å². The zero-order valence-corrected chi connectivity index (χ0v) is 30.7. The fourth-order valence-electron chi connectivity index (χ4n) is 7.09. The van der Waals surface area contributed by atoms with Gasteiger partial charge in [0.25, 0.3) is 0 Å². The second-order valence-electron chi connectivity index (χ2n) is 13.2. The molecule has 0 saturated heterocycles. The van der Waals surface area contributed by atoms with Gasteiger partial charge in [0.05, 0.1) is 5.71 Å². The lowest BCUT2D eigenvalue weighted by Gasteiger charge is -2.22. The largest absolute Gasteiger partial charge is 0.257 e. The average molecular weight is 687 g/mol. The van der Waals surface area contributed by atoms with Crippen molar-refractivity contribution in [2.45, 2.75) is 33.1 Å². The van der Waals surface area contributed by atoms with E-state index in [2.05, 4.69) is 117 Å². The highest BCUT2D eigenvalue weighted by Crippen LogP contribution is 2.49. The van der Waals surface area contributed by atoms with E-state index in [1.54, 1.807) is 12.3 Å². The molecule has 1 aromatic heterocycles. The van der Waals surface area contributed by atoms with Crippen LogP contribution in [-0.2, 0) is 5.41 Å². The molecule has 0 bridgehead atoms. The maximum Gasteiger partial charge on any atom is 0.164 e. The Bertz CT molecular complexity index is 2400. The summed E-state index contributed by atoms with van der Waals surface area (Å²) in [4.78, 5) is 19.5. The molecule has 7 aromatic rings. The Hall–Kier alpha value is -6.52. The van der Waals surface area contributed by atoms with Gasteiger partial charge in [-0.2, -0.15) is 0 Å². The monoisotopic (exact) mass is 686 g/mol. The number of benzene rings is 6. The molecule has 0 spiro atoms. The molecular formula is C49H42N4. The number of fused-ring (bicyclic) bond motifs is 3. The normalized spacial score (nSPS) is 12.6. The summed E-state index contributed by atoms with van der Waals surface area (Å²) in [5.74, 6) is 1.88. The minimum Gasteiger partial charge on any atom is -0.257 e. The van der Waals surface area contributed by atoms with E-state index in [1.165, 1.54) is 22.3 Å². The van der Waals surface area contributed by atoms with Gasteiger partial charge in [0.1, 0.15) is 0 Å².